The van der Waals surface area contributed by atoms with Crippen LogP contribution in [-0.2, 0) is 9.59 Å². The van der Waals surface area contributed by atoms with Crippen molar-refractivity contribution in [2.24, 2.45) is 11.8 Å². The number of carbonyl (C=O) groups excluding carboxylic acids is 2. The van der Waals surface area contributed by atoms with E-state index in [1.807, 2.05) is 34.6 Å². The number of amides is 2. The third kappa shape index (κ3) is 2.92. The average Bonchev–Trinajstić information content (AvgIpc) is 2.21. The highest BCUT2D eigenvalue weighted by Gasteiger charge is 2.42. The fraction of sp³-hybridized carbons (Fsp3) is 0.714. The third-order valence-electron chi connectivity index (χ3n) is 3.19. The predicted octanol–water partition coefficient (Wildman–Crippen LogP) is 1.57. The minimum Gasteiger partial charge on any atom is -0.342 e. The number of hydrogen-bond acceptors (Lipinski definition) is 2. The van der Waals surface area contributed by atoms with Gasteiger partial charge in [-0.05, 0) is 18.8 Å². The van der Waals surface area contributed by atoms with Crippen LogP contribution in [0.25, 0.3) is 0 Å². The Bertz CT molecular complexity index is 361. The van der Waals surface area contributed by atoms with Gasteiger partial charge in [-0.2, -0.15) is 0 Å². The number of hydrogen-bond donors (Lipinski definition) is 1. The van der Waals surface area contributed by atoms with Crippen LogP contribution in [0.15, 0.2) is 12.2 Å². The summed E-state index contributed by atoms with van der Waals surface area (Å²) in [6.07, 6.45) is 0. The molecule has 102 valence electrons. The van der Waals surface area contributed by atoms with E-state index in [0.717, 1.165) is 5.57 Å². The lowest BCUT2D eigenvalue weighted by Gasteiger charge is -2.42. The molecule has 1 rings (SSSR count). The molecule has 0 aromatic rings. The minimum absolute atomic E-state index is 0.00583. The van der Waals surface area contributed by atoms with Gasteiger partial charge in [0.2, 0.25) is 11.8 Å². The molecular weight excluding hydrogens is 228 g/mol. The van der Waals surface area contributed by atoms with Gasteiger partial charge in [-0.3, -0.25) is 9.59 Å². The van der Waals surface area contributed by atoms with Gasteiger partial charge in [0.15, 0.2) is 0 Å². The molecule has 0 aromatic carbocycles. The van der Waals surface area contributed by atoms with Gasteiger partial charge in [0, 0.05) is 6.54 Å². The molecule has 1 aliphatic heterocycles. The van der Waals surface area contributed by atoms with E-state index in [0.29, 0.717) is 6.54 Å². The molecule has 0 aliphatic carbocycles. The smallest absolute Gasteiger partial charge is 0.246 e. The standard InChI is InChI=1S/C14H24N2O2/c1-8(2)7-16-12(10(5)6)13(17)15-11(9(3)4)14(16)18/h9-12H,1,7H2,2-6H3,(H,15,17). The average molecular weight is 252 g/mol. The van der Waals surface area contributed by atoms with Gasteiger partial charge in [0.25, 0.3) is 0 Å². The van der Waals surface area contributed by atoms with E-state index < -0.39 is 6.04 Å². The van der Waals surface area contributed by atoms with Crippen molar-refractivity contribution in [1.29, 1.82) is 0 Å². The first-order valence-electron chi connectivity index (χ1n) is 6.51. The fourth-order valence-electron chi connectivity index (χ4n) is 2.34. The van der Waals surface area contributed by atoms with Crippen molar-refractivity contribution < 1.29 is 9.59 Å². The summed E-state index contributed by atoms with van der Waals surface area (Å²) in [6.45, 7) is 14.0. The number of piperazine rings is 1. The molecule has 1 aliphatic rings. The Balaban J connectivity index is 3.04. The molecular formula is C14H24N2O2. The van der Waals surface area contributed by atoms with Crippen LogP contribution in [-0.4, -0.2) is 35.3 Å². The maximum absolute atomic E-state index is 12.4. The summed E-state index contributed by atoms with van der Waals surface area (Å²) in [5.74, 6) is 0.152. The summed E-state index contributed by atoms with van der Waals surface area (Å²) in [6, 6.07) is -0.795. The first kappa shape index (κ1) is 14.7. The predicted molar refractivity (Wildman–Crippen MR) is 71.9 cm³/mol. The Morgan fingerprint density at radius 3 is 2.22 bits per heavy atom. The van der Waals surface area contributed by atoms with E-state index >= 15 is 0 Å². The summed E-state index contributed by atoms with van der Waals surface area (Å²) < 4.78 is 0. The molecule has 0 aromatic heterocycles. The maximum Gasteiger partial charge on any atom is 0.246 e. The van der Waals surface area contributed by atoms with Gasteiger partial charge < -0.3 is 10.2 Å². The second-order valence-corrected chi connectivity index (χ2v) is 5.84. The first-order chi connectivity index (χ1) is 8.25. The number of rotatable bonds is 4. The monoisotopic (exact) mass is 252 g/mol. The van der Waals surface area contributed by atoms with E-state index in [1.165, 1.54) is 0 Å². The van der Waals surface area contributed by atoms with Crippen LogP contribution in [0.5, 0.6) is 0 Å². The van der Waals surface area contributed by atoms with Crippen LogP contribution in [0.4, 0.5) is 0 Å². The van der Waals surface area contributed by atoms with Crippen molar-refractivity contribution in [3.05, 3.63) is 12.2 Å². The lowest BCUT2D eigenvalue weighted by Crippen LogP contribution is -2.66. The van der Waals surface area contributed by atoms with E-state index in [9.17, 15) is 9.59 Å². The van der Waals surface area contributed by atoms with E-state index in [2.05, 4.69) is 11.9 Å². The van der Waals surface area contributed by atoms with Gasteiger partial charge >= 0.3 is 0 Å². The molecule has 4 heteroatoms. The van der Waals surface area contributed by atoms with E-state index in [1.54, 1.807) is 4.90 Å². The van der Waals surface area contributed by atoms with Crippen molar-refractivity contribution in [1.82, 2.24) is 10.2 Å². The van der Waals surface area contributed by atoms with Crippen molar-refractivity contribution in [3.63, 3.8) is 0 Å². The van der Waals surface area contributed by atoms with Crippen LogP contribution >= 0.6 is 0 Å². The Morgan fingerprint density at radius 2 is 1.83 bits per heavy atom. The lowest BCUT2D eigenvalue weighted by molar-refractivity contribution is -0.151. The molecule has 1 N–H and O–H groups in total. The van der Waals surface area contributed by atoms with Crippen molar-refractivity contribution in [2.45, 2.75) is 46.7 Å². The topological polar surface area (TPSA) is 49.4 Å². The second kappa shape index (κ2) is 5.55. The quantitative estimate of drug-likeness (QED) is 0.772. The van der Waals surface area contributed by atoms with Crippen LogP contribution in [0, 0.1) is 11.8 Å². The second-order valence-electron chi connectivity index (χ2n) is 5.84. The van der Waals surface area contributed by atoms with Crippen LogP contribution in [0.1, 0.15) is 34.6 Å². The first-order valence-corrected chi connectivity index (χ1v) is 6.51. The molecule has 1 heterocycles. The zero-order chi connectivity index (χ0) is 14.0. The van der Waals surface area contributed by atoms with E-state index in [-0.39, 0.29) is 29.7 Å². The van der Waals surface area contributed by atoms with Gasteiger partial charge in [-0.15, -0.1) is 0 Å². The molecule has 1 fully saturated rings. The fourth-order valence-corrected chi connectivity index (χ4v) is 2.34. The third-order valence-corrected chi connectivity index (χ3v) is 3.19. The number of carbonyl (C=O) groups is 2. The molecule has 2 amide bonds. The SMILES string of the molecule is C=C(C)CN1C(=O)C(C(C)C)NC(=O)C1C(C)C. The molecule has 0 radical (unpaired) electrons. The Hall–Kier alpha value is -1.32. The van der Waals surface area contributed by atoms with Crippen molar-refractivity contribution >= 4 is 11.8 Å². The molecule has 2 atom stereocenters. The highest BCUT2D eigenvalue weighted by Crippen LogP contribution is 2.21. The van der Waals surface area contributed by atoms with Gasteiger partial charge in [-0.25, -0.2) is 0 Å². The zero-order valence-corrected chi connectivity index (χ0v) is 12.0. The highest BCUT2D eigenvalue weighted by molar-refractivity contribution is 5.97. The van der Waals surface area contributed by atoms with Crippen LogP contribution < -0.4 is 5.32 Å². The van der Waals surface area contributed by atoms with E-state index in [4.69, 9.17) is 0 Å². The molecule has 0 bridgehead atoms. The number of nitrogens with one attached hydrogen (secondary N) is 1. The lowest BCUT2D eigenvalue weighted by atomic mass is 9.92. The Morgan fingerprint density at radius 1 is 1.28 bits per heavy atom. The summed E-state index contributed by atoms with van der Waals surface area (Å²) in [5, 5.41) is 2.84. The van der Waals surface area contributed by atoms with Crippen LogP contribution in [0.3, 0.4) is 0 Å². The normalized spacial score (nSPS) is 24.7. The van der Waals surface area contributed by atoms with Crippen molar-refractivity contribution in [2.75, 3.05) is 6.54 Å². The Labute approximate surface area is 109 Å². The van der Waals surface area contributed by atoms with Gasteiger partial charge in [0.05, 0.1) is 0 Å². The molecule has 0 spiro atoms. The highest BCUT2D eigenvalue weighted by atomic mass is 16.2. The Kier molecular flexibility index (Phi) is 4.54. The van der Waals surface area contributed by atoms with Crippen LogP contribution in [0.2, 0.25) is 0 Å². The van der Waals surface area contributed by atoms with Gasteiger partial charge in [0.1, 0.15) is 12.1 Å². The molecule has 18 heavy (non-hydrogen) atoms. The summed E-state index contributed by atoms with van der Waals surface area (Å²) in [5.41, 5.74) is 0.895. The molecule has 1 saturated heterocycles. The van der Waals surface area contributed by atoms with Gasteiger partial charge in [-0.1, -0.05) is 39.8 Å². The number of nitrogens with zero attached hydrogens (tertiary/aromatic N) is 1. The maximum atomic E-state index is 12.4. The molecule has 2 unspecified atom stereocenters. The molecule has 0 saturated carbocycles. The zero-order valence-electron chi connectivity index (χ0n) is 12.0. The summed E-state index contributed by atoms with van der Waals surface area (Å²) in [7, 11) is 0. The minimum atomic E-state index is -0.410. The summed E-state index contributed by atoms with van der Waals surface area (Å²) in [4.78, 5) is 26.3. The molecule has 4 nitrogen and oxygen atoms in total. The largest absolute Gasteiger partial charge is 0.342 e. The summed E-state index contributed by atoms with van der Waals surface area (Å²) >= 11 is 0. The van der Waals surface area contributed by atoms with Crippen molar-refractivity contribution in [3.8, 4) is 0 Å².